The van der Waals surface area contributed by atoms with E-state index in [1.807, 2.05) is 35.9 Å². The molecule has 0 saturated heterocycles. The fourth-order valence-electron chi connectivity index (χ4n) is 2.18. The molecule has 2 aromatic rings. The molecule has 0 aliphatic carbocycles. The van der Waals surface area contributed by atoms with Crippen LogP contribution in [0.15, 0.2) is 30.3 Å². The molecule has 0 aliphatic rings. The molecule has 0 spiro atoms. The second-order valence-corrected chi connectivity index (χ2v) is 4.89. The van der Waals surface area contributed by atoms with E-state index < -0.39 is 0 Å². The van der Waals surface area contributed by atoms with E-state index in [2.05, 4.69) is 25.0 Å². The van der Waals surface area contributed by atoms with Gasteiger partial charge in [-0.2, -0.15) is 5.10 Å². The third-order valence-electron chi connectivity index (χ3n) is 3.46. The lowest BCUT2D eigenvalue weighted by molar-refractivity contribution is 0.0988. The summed E-state index contributed by atoms with van der Waals surface area (Å²) in [5, 5.41) is 4.50. The van der Waals surface area contributed by atoms with E-state index in [4.69, 9.17) is 4.74 Å². The number of hydrogen-bond acceptors (Lipinski definition) is 3. The normalized spacial score (nSPS) is 10.6. The summed E-state index contributed by atoms with van der Waals surface area (Å²) in [7, 11) is 0. The summed E-state index contributed by atoms with van der Waals surface area (Å²) in [6.07, 6.45) is 1.45. The SMILES string of the molecule is CCC(=O)c1ccc(OCc2cc(CC)nn2CC)cc1. The molecular formula is C17H22N2O2. The van der Waals surface area contributed by atoms with Crippen molar-refractivity contribution in [1.82, 2.24) is 9.78 Å². The first-order valence-corrected chi connectivity index (χ1v) is 7.49. The zero-order valence-electron chi connectivity index (χ0n) is 12.9. The van der Waals surface area contributed by atoms with Crippen molar-refractivity contribution in [2.24, 2.45) is 0 Å². The molecule has 0 atom stereocenters. The van der Waals surface area contributed by atoms with E-state index in [-0.39, 0.29) is 5.78 Å². The van der Waals surface area contributed by atoms with Crippen molar-refractivity contribution in [1.29, 1.82) is 0 Å². The number of ketones is 1. The standard InChI is InChI=1S/C17H22N2O2/c1-4-14-11-15(19(6-3)18-14)12-21-16-9-7-13(8-10-16)17(20)5-2/h7-11H,4-6,12H2,1-3H3. The monoisotopic (exact) mass is 286 g/mol. The number of aryl methyl sites for hydroxylation is 2. The van der Waals surface area contributed by atoms with E-state index in [1.165, 1.54) is 0 Å². The topological polar surface area (TPSA) is 44.1 Å². The molecule has 4 nitrogen and oxygen atoms in total. The Morgan fingerprint density at radius 2 is 1.90 bits per heavy atom. The predicted molar refractivity (Wildman–Crippen MR) is 82.7 cm³/mol. The smallest absolute Gasteiger partial charge is 0.162 e. The number of rotatable bonds is 7. The van der Waals surface area contributed by atoms with Crippen LogP contribution in [-0.2, 0) is 19.6 Å². The second kappa shape index (κ2) is 7.07. The molecule has 0 unspecified atom stereocenters. The molecule has 112 valence electrons. The van der Waals surface area contributed by atoms with Crippen LogP contribution in [0.2, 0.25) is 0 Å². The minimum atomic E-state index is 0.151. The zero-order valence-corrected chi connectivity index (χ0v) is 12.9. The highest BCUT2D eigenvalue weighted by atomic mass is 16.5. The van der Waals surface area contributed by atoms with E-state index in [0.29, 0.717) is 13.0 Å². The van der Waals surface area contributed by atoms with Gasteiger partial charge < -0.3 is 4.74 Å². The Hall–Kier alpha value is -2.10. The van der Waals surface area contributed by atoms with Gasteiger partial charge in [-0.05, 0) is 43.7 Å². The van der Waals surface area contributed by atoms with Crippen LogP contribution in [0, 0.1) is 0 Å². The molecule has 4 heteroatoms. The Morgan fingerprint density at radius 3 is 2.48 bits per heavy atom. The van der Waals surface area contributed by atoms with Gasteiger partial charge in [-0.1, -0.05) is 13.8 Å². The third-order valence-corrected chi connectivity index (χ3v) is 3.46. The fraction of sp³-hybridized carbons (Fsp3) is 0.412. The molecular weight excluding hydrogens is 264 g/mol. The Morgan fingerprint density at radius 1 is 1.19 bits per heavy atom. The van der Waals surface area contributed by atoms with Crippen molar-refractivity contribution >= 4 is 5.78 Å². The van der Waals surface area contributed by atoms with Gasteiger partial charge in [-0.3, -0.25) is 9.48 Å². The Kier molecular flexibility index (Phi) is 5.14. The number of carbonyl (C=O) groups is 1. The first-order chi connectivity index (χ1) is 10.2. The average Bonchev–Trinajstić information content (AvgIpc) is 2.95. The predicted octanol–water partition coefficient (Wildman–Crippen LogP) is 3.64. The molecule has 1 heterocycles. The van der Waals surface area contributed by atoms with Crippen LogP contribution < -0.4 is 4.74 Å². The van der Waals surface area contributed by atoms with Gasteiger partial charge in [0.15, 0.2) is 5.78 Å². The van der Waals surface area contributed by atoms with Crippen LogP contribution >= 0.6 is 0 Å². The van der Waals surface area contributed by atoms with Gasteiger partial charge in [-0.25, -0.2) is 0 Å². The lowest BCUT2D eigenvalue weighted by Gasteiger charge is -2.08. The maximum Gasteiger partial charge on any atom is 0.162 e. The van der Waals surface area contributed by atoms with Crippen LogP contribution in [0.25, 0.3) is 0 Å². The van der Waals surface area contributed by atoms with Crippen LogP contribution in [0.4, 0.5) is 0 Å². The van der Waals surface area contributed by atoms with Gasteiger partial charge >= 0.3 is 0 Å². The third kappa shape index (κ3) is 3.72. The number of benzene rings is 1. The van der Waals surface area contributed by atoms with E-state index in [9.17, 15) is 4.79 Å². The highest BCUT2D eigenvalue weighted by Crippen LogP contribution is 2.16. The van der Waals surface area contributed by atoms with Crippen LogP contribution in [0.1, 0.15) is 48.9 Å². The first-order valence-electron chi connectivity index (χ1n) is 7.49. The molecule has 0 N–H and O–H groups in total. The Balaban J connectivity index is 2.02. The van der Waals surface area contributed by atoms with Crippen LogP contribution in [0.5, 0.6) is 5.75 Å². The molecule has 2 rings (SSSR count). The number of nitrogens with zero attached hydrogens (tertiary/aromatic N) is 2. The summed E-state index contributed by atoms with van der Waals surface area (Å²) in [6.45, 7) is 7.35. The molecule has 1 aromatic heterocycles. The van der Waals surface area contributed by atoms with Crippen LogP contribution in [-0.4, -0.2) is 15.6 Å². The van der Waals surface area contributed by atoms with Crippen molar-refractivity contribution in [2.75, 3.05) is 0 Å². The lowest BCUT2D eigenvalue weighted by Crippen LogP contribution is -2.06. The van der Waals surface area contributed by atoms with Crippen molar-refractivity contribution in [3.05, 3.63) is 47.3 Å². The Labute approximate surface area is 125 Å². The van der Waals surface area contributed by atoms with Crippen molar-refractivity contribution in [2.45, 2.75) is 46.8 Å². The number of carbonyl (C=O) groups excluding carboxylic acids is 1. The molecule has 0 amide bonds. The minimum Gasteiger partial charge on any atom is -0.487 e. The largest absolute Gasteiger partial charge is 0.487 e. The number of Topliss-reactive ketones (excluding diaryl/α,β-unsaturated/α-hetero) is 1. The summed E-state index contributed by atoms with van der Waals surface area (Å²) in [5.74, 6) is 0.919. The lowest BCUT2D eigenvalue weighted by atomic mass is 10.1. The highest BCUT2D eigenvalue weighted by molar-refractivity contribution is 5.95. The van der Waals surface area contributed by atoms with Gasteiger partial charge in [0.05, 0.1) is 11.4 Å². The fourth-order valence-corrected chi connectivity index (χ4v) is 2.18. The Bertz CT molecular complexity index is 600. The van der Waals surface area contributed by atoms with Gasteiger partial charge in [0.25, 0.3) is 0 Å². The summed E-state index contributed by atoms with van der Waals surface area (Å²) >= 11 is 0. The summed E-state index contributed by atoms with van der Waals surface area (Å²) in [4.78, 5) is 11.6. The molecule has 21 heavy (non-hydrogen) atoms. The second-order valence-electron chi connectivity index (χ2n) is 4.89. The summed E-state index contributed by atoms with van der Waals surface area (Å²) in [6, 6.07) is 9.40. The average molecular weight is 286 g/mol. The van der Waals surface area contributed by atoms with E-state index >= 15 is 0 Å². The van der Waals surface area contributed by atoms with E-state index in [0.717, 1.165) is 35.7 Å². The van der Waals surface area contributed by atoms with Crippen molar-refractivity contribution in [3.8, 4) is 5.75 Å². The zero-order chi connectivity index (χ0) is 15.2. The van der Waals surface area contributed by atoms with Gasteiger partial charge in [0.1, 0.15) is 12.4 Å². The highest BCUT2D eigenvalue weighted by Gasteiger charge is 2.07. The quantitative estimate of drug-likeness (QED) is 0.730. The molecule has 0 aliphatic heterocycles. The maximum absolute atomic E-state index is 11.6. The summed E-state index contributed by atoms with van der Waals surface area (Å²) in [5.41, 5.74) is 2.89. The van der Waals surface area contributed by atoms with Gasteiger partial charge in [0, 0.05) is 18.5 Å². The minimum absolute atomic E-state index is 0.151. The molecule has 0 bridgehead atoms. The first kappa shape index (κ1) is 15.3. The van der Waals surface area contributed by atoms with Crippen molar-refractivity contribution in [3.63, 3.8) is 0 Å². The van der Waals surface area contributed by atoms with E-state index in [1.54, 1.807) is 0 Å². The van der Waals surface area contributed by atoms with Gasteiger partial charge in [-0.15, -0.1) is 0 Å². The summed E-state index contributed by atoms with van der Waals surface area (Å²) < 4.78 is 7.75. The maximum atomic E-state index is 11.6. The molecule has 0 saturated carbocycles. The number of aromatic nitrogens is 2. The number of ether oxygens (including phenoxy) is 1. The van der Waals surface area contributed by atoms with Crippen molar-refractivity contribution < 1.29 is 9.53 Å². The number of hydrogen-bond donors (Lipinski definition) is 0. The molecule has 0 radical (unpaired) electrons. The molecule has 0 fully saturated rings. The van der Waals surface area contributed by atoms with Crippen LogP contribution in [0.3, 0.4) is 0 Å². The van der Waals surface area contributed by atoms with Gasteiger partial charge in [0.2, 0.25) is 0 Å². The molecule has 1 aromatic carbocycles.